The molecule has 31 heavy (non-hydrogen) atoms. The normalized spacial score (nSPS) is 17.9. The number of amides is 1. The van der Waals surface area contributed by atoms with Gasteiger partial charge in [-0.3, -0.25) is 14.5 Å². The molecule has 158 valence electrons. The van der Waals surface area contributed by atoms with E-state index in [4.69, 9.17) is 4.74 Å². The average molecular weight is 439 g/mol. The number of anilines is 1. The monoisotopic (exact) mass is 439 g/mol. The lowest BCUT2D eigenvalue weighted by Crippen LogP contribution is -2.29. The van der Waals surface area contributed by atoms with Gasteiger partial charge >= 0.3 is 5.91 Å². The van der Waals surface area contributed by atoms with Crippen molar-refractivity contribution >= 4 is 33.9 Å². The molecule has 2 aromatic carbocycles. The molecule has 1 unspecified atom stereocenters. The molecule has 7 nitrogen and oxygen atoms in total. The van der Waals surface area contributed by atoms with E-state index in [9.17, 15) is 19.1 Å². The zero-order valence-corrected chi connectivity index (χ0v) is 17.5. The van der Waals surface area contributed by atoms with Crippen molar-refractivity contribution in [2.75, 3.05) is 11.5 Å². The molecule has 0 radical (unpaired) electrons. The molecule has 0 spiro atoms. The Kier molecular flexibility index (Phi) is 5.51. The summed E-state index contributed by atoms with van der Waals surface area (Å²) < 4.78 is 18.9. The number of aliphatic hydroxyl groups excluding tert-OH is 1. The predicted molar refractivity (Wildman–Crippen MR) is 113 cm³/mol. The van der Waals surface area contributed by atoms with Crippen LogP contribution in [-0.2, 0) is 9.59 Å². The van der Waals surface area contributed by atoms with Crippen molar-refractivity contribution in [1.29, 1.82) is 0 Å². The summed E-state index contributed by atoms with van der Waals surface area (Å²) in [5.41, 5.74) is 0.705. The van der Waals surface area contributed by atoms with Crippen LogP contribution in [0.5, 0.6) is 5.75 Å². The van der Waals surface area contributed by atoms with E-state index in [1.807, 2.05) is 6.92 Å². The van der Waals surface area contributed by atoms with E-state index < -0.39 is 23.5 Å². The second-order valence-corrected chi connectivity index (χ2v) is 7.94. The van der Waals surface area contributed by atoms with Crippen LogP contribution in [0.3, 0.4) is 0 Å². The summed E-state index contributed by atoms with van der Waals surface area (Å²) in [5.74, 6) is -1.87. The van der Waals surface area contributed by atoms with Gasteiger partial charge in [0.05, 0.1) is 18.2 Å². The predicted octanol–water partition coefficient (Wildman–Crippen LogP) is 4.01. The highest BCUT2D eigenvalue weighted by Crippen LogP contribution is 2.43. The first kappa shape index (κ1) is 20.7. The summed E-state index contributed by atoms with van der Waals surface area (Å²) in [7, 11) is 0. The number of hydrogen-bond acceptors (Lipinski definition) is 7. The third-order valence-corrected chi connectivity index (χ3v) is 5.63. The molecular weight excluding hydrogens is 421 g/mol. The lowest BCUT2D eigenvalue weighted by atomic mass is 9.95. The van der Waals surface area contributed by atoms with Gasteiger partial charge in [0.15, 0.2) is 0 Å². The van der Waals surface area contributed by atoms with Gasteiger partial charge in [0.25, 0.3) is 5.78 Å². The molecule has 1 aliphatic rings. The molecule has 3 aromatic rings. The van der Waals surface area contributed by atoms with Crippen LogP contribution in [0.25, 0.3) is 5.76 Å². The Labute approximate surface area is 181 Å². The van der Waals surface area contributed by atoms with Crippen molar-refractivity contribution in [3.8, 4) is 5.75 Å². The number of benzene rings is 2. The number of rotatable bonds is 5. The highest BCUT2D eigenvalue weighted by atomic mass is 32.1. The minimum Gasteiger partial charge on any atom is -0.507 e. The Hall–Kier alpha value is -3.59. The molecule has 1 fully saturated rings. The highest BCUT2D eigenvalue weighted by Gasteiger charge is 2.48. The molecule has 1 aliphatic heterocycles. The Morgan fingerprint density at radius 2 is 1.81 bits per heavy atom. The number of aromatic nitrogens is 2. The van der Waals surface area contributed by atoms with Crippen molar-refractivity contribution in [3.63, 3.8) is 0 Å². The number of ketones is 1. The van der Waals surface area contributed by atoms with Gasteiger partial charge in [0, 0.05) is 5.56 Å². The Morgan fingerprint density at radius 3 is 2.39 bits per heavy atom. The van der Waals surface area contributed by atoms with Gasteiger partial charge in [-0.1, -0.05) is 23.5 Å². The second-order valence-electron chi connectivity index (χ2n) is 6.78. The highest BCUT2D eigenvalue weighted by molar-refractivity contribution is 7.15. The molecular formula is C22H18FN3O4S. The molecule has 0 saturated carbocycles. The Balaban J connectivity index is 1.87. The Morgan fingerprint density at radius 1 is 1.13 bits per heavy atom. The summed E-state index contributed by atoms with van der Waals surface area (Å²) in [6.45, 7) is 4.07. The quantitative estimate of drug-likeness (QED) is 0.367. The molecule has 9 heteroatoms. The second kappa shape index (κ2) is 8.27. The molecule has 1 aromatic heterocycles. The van der Waals surface area contributed by atoms with Gasteiger partial charge in [-0.05, 0) is 55.8 Å². The van der Waals surface area contributed by atoms with Crippen LogP contribution in [-0.4, -0.2) is 33.6 Å². The molecule has 1 N–H and O–H groups in total. The lowest BCUT2D eigenvalue weighted by Gasteiger charge is -2.22. The molecule has 0 bridgehead atoms. The average Bonchev–Trinajstić information content (AvgIpc) is 3.30. The van der Waals surface area contributed by atoms with Crippen molar-refractivity contribution < 1.29 is 23.8 Å². The van der Waals surface area contributed by atoms with Crippen LogP contribution >= 0.6 is 11.3 Å². The number of aliphatic hydroxyl groups is 1. The number of hydrogen-bond donors (Lipinski definition) is 1. The number of carbonyl (C=O) groups is 2. The largest absolute Gasteiger partial charge is 0.507 e. The number of Topliss-reactive ketones (excluding diaryl/α,β-unsaturated/α-hetero) is 1. The van der Waals surface area contributed by atoms with Gasteiger partial charge in [0.1, 0.15) is 22.3 Å². The van der Waals surface area contributed by atoms with Crippen molar-refractivity contribution in [1.82, 2.24) is 10.2 Å². The maximum atomic E-state index is 13.5. The maximum Gasteiger partial charge on any atom is 0.301 e. The van der Waals surface area contributed by atoms with E-state index in [-0.39, 0.29) is 16.5 Å². The van der Waals surface area contributed by atoms with Crippen LogP contribution < -0.4 is 9.64 Å². The smallest absolute Gasteiger partial charge is 0.301 e. The van der Waals surface area contributed by atoms with E-state index in [0.29, 0.717) is 28.5 Å². The summed E-state index contributed by atoms with van der Waals surface area (Å²) in [4.78, 5) is 27.1. The molecule has 2 heterocycles. The van der Waals surface area contributed by atoms with Crippen LogP contribution in [0.4, 0.5) is 9.52 Å². The first-order valence-corrected chi connectivity index (χ1v) is 10.3. The van der Waals surface area contributed by atoms with Crippen LogP contribution in [0.1, 0.15) is 29.1 Å². The summed E-state index contributed by atoms with van der Waals surface area (Å²) in [6.07, 6.45) is 0. The maximum absolute atomic E-state index is 13.5. The SMILES string of the molecule is CCOc1ccc(/C(O)=C2/C(=O)C(=O)N(c3nnc(C)s3)C2c2ccc(F)cc2)cc1. The topological polar surface area (TPSA) is 92.6 Å². The number of ether oxygens (including phenoxy) is 1. The van der Waals surface area contributed by atoms with Crippen molar-refractivity contribution in [2.24, 2.45) is 0 Å². The van der Waals surface area contributed by atoms with E-state index in [2.05, 4.69) is 10.2 Å². The zero-order valence-electron chi connectivity index (χ0n) is 16.7. The van der Waals surface area contributed by atoms with E-state index in [1.54, 1.807) is 31.2 Å². The third kappa shape index (κ3) is 3.79. The number of nitrogens with zero attached hydrogens (tertiary/aromatic N) is 3. The standard InChI is InChI=1S/C22H18FN3O4S/c1-3-30-16-10-6-14(7-11-16)19(27)17-18(13-4-8-15(23)9-5-13)26(21(29)20(17)28)22-25-24-12(2)31-22/h4-11,18,27H,3H2,1-2H3/b19-17-. The fourth-order valence-electron chi connectivity index (χ4n) is 3.40. The minimum absolute atomic E-state index is 0.103. The van der Waals surface area contributed by atoms with Crippen molar-refractivity contribution in [3.05, 3.63) is 76.1 Å². The minimum atomic E-state index is -0.973. The number of carbonyl (C=O) groups excluding carboxylic acids is 2. The number of aryl methyl sites for hydroxylation is 1. The van der Waals surface area contributed by atoms with Gasteiger partial charge in [-0.15, -0.1) is 10.2 Å². The molecule has 1 atom stereocenters. The molecule has 1 amide bonds. The zero-order chi connectivity index (χ0) is 22.1. The first-order chi connectivity index (χ1) is 14.9. The third-order valence-electron chi connectivity index (χ3n) is 4.79. The van der Waals surface area contributed by atoms with E-state index in [1.165, 1.54) is 29.2 Å². The molecule has 4 rings (SSSR count). The van der Waals surface area contributed by atoms with Gasteiger partial charge < -0.3 is 9.84 Å². The van der Waals surface area contributed by atoms with Gasteiger partial charge in [-0.25, -0.2) is 4.39 Å². The van der Waals surface area contributed by atoms with Crippen LogP contribution in [0.2, 0.25) is 0 Å². The van der Waals surface area contributed by atoms with Crippen molar-refractivity contribution in [2.45, 2.75) is 19.9 Å². The number of halogens is 1. The van der Waals surface area contributed by atoms with Gasteiger partial charge in [-0.2, -0.15) is 0 Å². The van der Waals surface area contributed by atoms with Crippen LogP contribution in [0.15, 0.2) is 54.1 Å². The molecule has 0 aliphatic carbocycles. The summed E-state index contributed by atoms with van der Waals surface area (Å²) >= 11 is 1.15. The Bertz CT molecular complexity index is 1170. The van der Waals surface area contributed by atoms with Gasteiger partial charge in [0.2, 0.25) is 5.13 Å². The van der Waals surface area contributed by atoms with E-state index in [0.717, 1.165) is 11.3 Å². The fraction of sp³-hybridized carbons (Fsp3) is 0.182. The summed E-state index contributed by atoms with van der Waals surface area (Å²) in [5, 5.41) is 19.8. The lowest BCUT2D eigenvalue weighted by molar-refractivity contribution is -0.132. The fourth-order valence-corrected chi connectivity index (χ4v) is 4.12. The van der Waals surface area contributed by atoms with E-state index >= 15 is 0 Å². The molecule has 1 saturated heterocycles. The first-order valence-electron chi connectivity index (χ1n) is 9.50. The summed E-state index contributed by atoms with van der Waals surface area (Å²) in [6, 6.07) is 11.0. The van der Waals surface area contributed by atoms with Crippen LogP contribution in [0, 0.1) is 12.7 Å².